The monoisotopic (exact) mass is 328 g/mol. The maximum atomic E-state index is 11.4. The van der Waals surface area contributed by atoms with Gasteiger partial charge in [0.2, 0.25) is 15.9 Å². The van der Waals surface area contributed by atoms with Crippen LogP contribution in [0.2, 0.25) is 0 Å². The first-order chi connectivity index (χ1) is 9.82. The number of nitrogens with two attached hydrogens (primary N) is 2. The van der Waals surface area contributed by atoms with Gasteiger partial charge in [0, 0.05) is 6.54 Å². The Hall–Kier alpha value is -1.58. The lowest BCUT2D eigenvalue weighted by Crippen LogP contribution is -2.13. The van der Waals surface area contributed by atoms with Crippen molar-refractivity contribution in [2.24, 2.45) is 10.9 Å². The molecule has 0 atom stereocenters. The number of carbonyl (C=O) groups excluding carboxylic acids is 1. The van der Waals surface area contributed by atoms with Gasteiger partial charge in [-0.15, -0.1) is 0 Å². The molecular formula is C12H16N4O3S2. The molecule has 0 fully saturated rings. The molecule has 2 aromatic rings. The third-order valence-electron chi connectivity index (χ3n) is 2.80. The van der Waals surface area contributed by atoms with Crippen molar-refractivity contribution in [3.8, 4) is 0 Å². The second-order valence-corrected chi connectivity index (χ2v) is 7.00. The Balaban J connectivity index is 2.53. The molecule has 114 valence electrons. The number of amides is 1. The first-order valence-electron chi connectivity index (χ1n) is 6.27. The van der Waals surface area contributed by atoms with Crippen LogP contribution in [0.1, 0.15) is 13.3 Å². The van der Waals surface area contributed by atoms with E-state index in [2.05, 4.69) is 4.98 Å². The minimum Gasteiger partial charge on any atom is -0.369 e. The van der Waals surface area contributed by atoms with E-state index in [1.165, 1.54) is 23.9 Å². The minimum atomic E-state index is -3.77. The number of nitrogens with zero attached hydrogens (tertiary/aromatic N) is 2. The number of carbonyl (C=O) groups is 1. The highest BCUT2D eigenvalue weighted by Gasteiger charge is 2.15. The van der Waals surface area contributed by atoms with Gasteiger partial charge in [-0.05, 0) is 24.6 Å². The molecule has 0 saturated heterocycles. The van der Waals surface area contributed by atoms with Gasteiger partial charge in [-0.2, -0.15) is 0 Å². The van der Waals surface area contributed by atoms with E-state index in [4.69, 9.17) is 10.9 Å². The van der Waals surface area contributed by atoms with Crippen LogP contribution < -0.4 is 10.9 Å². The van der Waals surface area contributed by atoms with E-state index in [1.807, 2.05) is 11.5 Å². The van der Waals surface area contributed by atoms with E-state index in [1.54, 1.807) is 6.07 Å². The topological polar surface area (TPSA) is 121 Å². The fraction of sp³-hybridized carbons (Fsp3) is 0.333. The average molecular weight is 328 g/mol. The number of benzene rings is 1. The highest BCUT2D eigenvalue weighted by molar-refractivity contribution is 7.99. The van der Waals surface area contributed by atoms with E-state index in [-0.39, 0.29) is 10.6 Å². The van der Waals surface area contributed by atoms with Crippen LogP contribution in [0.15, 0.2) is 28.3 Å². The third-order valence-corrected chi connectivity index (χ3v) is 4.71. The van der Waals surface area contributed by atoms with Crippen LogP contribution in [0.25, 0.3) is 11.0 Å². The molecule has 1 heterocycles. The molecule has 4 N–H and O–H groups in total. The van der Waals surface area contributed by atoms with Crippen LogP contribution in [0.3, 0.4) is 0 Å². The Labute approximate surface area is 126 Å². The number of sulfonamides is 1. The van der Waals surface area contributed by atoms with Gasteiger partial charge in [0.05, 0.1) is 21.7 Å². The van der Waals surface area contributed by atoms with Gasteiger partial charge in [0.15, 0.2) is 5.16 Å². The molecule has 1 amide bonds. The van der Waals surface area contributed by atoms with Gasteiger partial charge in [-0.1, -0.05) is 18.7 Å². The third kappa shape index (κ3) is 3.55. The summed E-state index contributed by atoms with van der Waals surface area (Å²) in [5, 5.41) is 5.76. The summed E-state index contributed by atoms with van der Waals surface area (Å²) in [6, 6.07) is 4.56. The lowest BCUT2D eigenvalue weighted by atomic mass is 10.3. The summed E-state index contributed by atoms with van der Waals surface area (Å²) in [6.45, 7) is 2.74. The summed E-state index contributed by atoms with van der Waals surface area (Å²) in [5.41, 5.74) is 6.48. The first kappa shape index (κ1) is 15.8. The molecule has 0 aliphatic heterocycles. The molecule has 0 radical (unpaired) electrons. The maximum absolute atomic E-state index is 11.4. The lowest BCUT2D eigenvalue weighted by Gasteiger charge is -2.06. The highest BCUT2D eigenvalue weighted by Crippen LogP contribution is 2.26. The fourth-order valence-corrected chi connectivity index (χ4v) is 3.26. The molecule has 0 aliphatic rings. The van der Waals surface area contributed by atoms with Crippen molar-refractivity contribution < 1.29 is 13.2 Å². The zero-order valence-corrected chi connectivity index (χ0v) is 13.1. The summed E-state index contributed by atoms with van der Waals surface area (Å²) < 4.78 is 24.7. The number of primary amides is 1. The molecule has 0 saturated carbocycles. The number of rotatable bonds is 6. The molecule has 9 heteroatoms. The van der Waals surface area contributed by atoms with Crippen molar-refractivity contribution >= 4 is 38.7 Å². The van der Waals surface area contributed by atoms with Crippen molar-refractivity contribution in [1.29, 1.82) is 0 Å². The second kappa shape index (κ2) is 6.04. The van der Waals surface area contributed by atoms with Gasteiger partial charge in [0.1, 0.15) is 0 Å². The predicted molar refractivity (Wildman–Crippen MR) is 81.3 cm³/mol. The zero-order valence-electron chi connectivity index (χ0n) is 11.4. The number of thioether (sulfide) groups is 1. The van der Waals surface area contributed by atoms with Crippen LogP contribution in [-0.2, 0) is 21.4 Å². The number of imidazole rings is 1. The number of primary sulfonamides is 1. The second-order valence-electron chi connectivity index (χ2n) is 4.50. The average Bonchev–Trinajstić information content (AvgIpc) is 2.73. The Bertz CT molecular complexity index is 783. The van der Waals surface area contributed by atoms with Crippen LogP contribution >= 0.6 is 11.8 Å². The van der Waals surface area contributed by atoms with E-state index >= 15 is 0 Å². The molecule has 2 rings (SSSR count). The van der Waals surface area contributed by atoms with Gasteiger partial charge in [0.25, 0.3) is 0 Å². The maximum Gasteiger partial charge on any atom is 0.238 e. The van der Waals surface area contributed by atoms with E-state index < -0.39 is 15.9 Å². The number of aromatic nitrogens is 2. The molecule has 0 unspecified atom stereocenters. The lowest BCUT2D eigenvalue weighted by molar-refractivity contribution is -0.115. The molecule has 21 heavy (non-hydrogen) atoms. The quantitative estimate of drug-likeness (QED) is 0.755. The van der Waals surface area contributed by atoms with Crippen LogP contribution in [-0.4, -0.2) is 29.6 Å². The van der Waals surface area contributed by atoms with E-state index in [0.717, 1.165) is 11.9 Å². The normalized spacial score (nSPS) is 11.9. The van der Waals surface area contributed by atoms with Crippen molar-refractivity contribution in [3.05, 3.63) is 18.2 Å². The van der Waals surface area contributed by atoms with Crippen LogP contribution in [0, 0.1) is 0 Å². The Kier molecular flexibility index (Phi) is 4.55. The predicted octanol–water partition coefficient (Wildman–Crippen LogP) is 0.671. The minimum absolute atomic E-state index is 0.0163. The van der Waals surface area contributed by atoms with E-state index in [0.29, 0.717) is 17.2 Å². The number of fused-ring (bicyclic) bond motifs is 1. The molecule has 0 aliphatic carbocycles. The smallest absolute Gasteiger partial charge is 0.238 e. The van der Waals surface area contributed by atoms with Gasteiger partial charge >= 0.3 is 0 Å². The number of hydrogen-bond donors (Lipinski definition) is 2. The van der Waals surface area contributed by atoms with Crippen molar-refractivity contribution in [2.75, 3.05) is 5.75 Å². The Morgan fingerprint density at radius 3 is 2.71 bits per heavy atom. The standard InChI is InChI=1S/C12H16N4O3S2/c1-2-5-16-10-4-3-8(21(14,18)19)6-9(10)15-12(16)20-7-11(13)17/h3-4,6H,2,5,7H2,1H3,(H2,13,17)(H2,14,18,19). The molecule has 1 aromatic carbocycles. The SMILES string of the molecule is CCCn1c(SCC(N)=O)nc2cc(S(N)(=O)=O)ccc21. The van der Waals surface area contributed by atoms with Crippen molar-refractivity contribution in [1.82, 2.24) is 9.55 Å². The summed E-state index contributed by atoms with van der Waals surface area (Å²) in [6.07, 6.45) is 0.881. The van der Waals surface area contributed by atoms with Crippen LogP contribution in [0.4, 0.5) is 0 Å². The summed E-state index contributed by atoms with van der Waals surface area (Å²) in [7, 11) is -3.77. The largest absolute Gasteiger partial charge is 0.369 e. The fourth-order valence-electron chi connectivity index (χ4n) is 1.95. The van der Waals surface area contributed by atoms with Crippen LogP contribution in [0.5, 0.6) is 0 Å². The summed E-state index contributed by atoms with van der Waals surface area (Å²) in [5.74, 6) is -0.310. The van der Waals surface area contributed by atoms with Crippen molar-refractivity contribution in [2.45, 2.75) is 29.9 Å². The Morgan fingerprint density at radius 1 is 1.43 bits per heavy atom. The molecular weight excluding hydrogens is 312 g/mol. The van der Waals surface area contributed by atoms with Gasteiger partial charge in [-0.3, -0.25) is 4.79 Å². The zero-order chi connectivity index (χ0) is 15.6. The van der Waals surface area contributed by atoms with E-state index in [9.17, 15) is 13.2 Å². The Morgan fingerprint density at radius 2 is 2.14 bits per heavy atom. The van der Waals surface area contributed by atoms with Crippen molar-refractivity contribution in [3.63, 3.8) is 0 Å². The van der Waals surface area contributed by atoms with Gasteiger partial charge in [-0.25, -0.2) is 18.5 Å². The molecule has 7 nitrogen and oxygen atoms in total. The summed E-state index contributed by atoms with van der Waals surface area (Å²) in [4.78, 5) is 15.3. The van der Waals surface area contributed by atoms with Gasteiger partial charge < -0.3 is 10.3 Å². The molecule has 1 aromatic heterocycles. The summed E-state index contributed by atoms with van der Waals surface area (Å²) >= 11 is 1.23. The number of aryl methyl sites for hydroxylation is 1. The molecule has 0 spiro atoms. The molecule has 0 bridgehead atoms. The first-order valence-corrected chi connectivity index (χ1v) is 8.80. The highest BCUT2D eigenvalue weighted by atomic mass is 32.2. The number of hydrogen-bond acceptors (Lipinski definition) is 5.